The summed E-state index contributed by atoms with van der Waals surface area (Å²) in [4.78, 5) is 0.419. The van der Waals surface area contributed by atoms with Gasteiger partial charge in [-0.3, -0.25) is 0 Å². The van der Waals surface area contributed by atoms with Gasteiger partial charge in [-0.1, -0.05) is 19.1 Å². The molecule has 112 valence electrons. The fraction of sp³-hybridized carbons (Fsp3) is 0.600. The summed E-state index contributed by atoms with van der Waals surface area (Å²) >= 11 is 0. The van der Waals surface area contributed by atoms with Crippen molar-refractivity contribution in [3.8, 4) is 0 Å². The van der Waals surface area contributed by atoms with Crippen molar-refractivity contribution in [1.82, 2.24) is 9.62 Å². The van der Waals surface area contributed by atoms with Gasteiger partial charge in [-0.05, 0) is 50.4 Å². The molecule has 1 heterocycles. The van der Waals surface area contributed by atoms with Crippen LogP contribution in [0, 0.1) is 0 Å². The van der Waals surface area contributed by atoms with Crippen molar-refractivity contribution < 1.29 is 8.42 Å². The maximum absolute atomic E-state index is 12.6. The van der Waals surface area contributed by atoms with Crippen molar-refractivity contribution in [2.45, 2.75) is 50.6 Å². The van der Waals surface area contributed by atoms with Gasteiger partial charge in [0, 0.05) is 19.1 Å². The molecule has 1 N–H and O–H groups in total. The molecule has 1 aliphatic rings. The van der Waals surface area contributed by atoms with Crippen LogP contribution in [-0.2, 0) is 16.6 Å². The normalized spacial score (nSPS) is 20.4. The van der Waals surface area contributed by atoms with E-state index in [1.807, 2.05) is 19.1 Å². The summed E-state index contributed by atoms with van der Waals surface area (Å²) in [5.41, 5.74) is 1.02. The second kappa shape index (κ2) is 6.70. The first-order chi connectivity index (χ1) is 9.55. The summed E-state index contributed by atoms with van der Waals surface area (Å²) in [5, 5.41) is 3.30. The largest absolute Gasteiger partial charge is 0.313 e. The van der Waals surface area contributed by atoms with E-state index in [1.165, 1.54) is 0 Å². The highest BCUT2D eigenvalue weighted by atomic mass is 32.2. The summed E-state index contributed by atoms with van der Waals surface area (Å²) < 4.78 is 26.9. The SMILES string of the molecule is CCCNCc1cccc(S(=O)(=O)N2CCCC2C)c1. The fourth-order valence-electron chi connectivity index (χ4n) is 2.62. The van der Waals surface area contributed by atoms with E-state index in [9.17, 15) is 8.42 Å². The van der Waals surface area contributed by atoms with E-state index < -0.39 is 10.0 Å². The van der Waals surface area contributed by atoms with Crippen molar-refractivity contribution in [1.29, 1.82) is 0 Å². The van der Waals surface area contributed by atoms with Gasteiger partial charge in [-0.2, -0.15) is 4.31 Å². The van der Waals surface area contributed by atoms with Crippen LogP contribution in [0.1, 0.15) is 38.7 Å². The van der Waals surface area contributed by atoms with Crippen molar-refractivity contribution in [2.75, 3.05) is 13.1 Å². The van der Waals surface area contributed by atoms with Gasteiger partial charge in [0.2, 0.25) is 10.0 Å². The van der Waals surface area contributed by atoms with Crippen molar-refractivity contribution in [3.63, 3.8) is 0 Å². The Bertz CT molecular complexity index is 543. The first-order valence-corrected chi connectivity index (χ1v) is 8.81. The molecule has 1 fully saturated rings. The Morgan fingerprint density at radius 2 is 2.20 bits per heavy atom. The second-order valence-electron chi connectivity index (χ2n) is 5.43. The predicted molar refractivity (Wildman–Crippen MR) is 81.0 cm³/mol. The minimum Gasteiger partial charge on any atom is -0.313 e. The average Bonchev–Trinajstić information content (AvgIpc) is 2.86. The molecule has 1 aromatic carbocycles. The third-order valence-electron chi connectivity index (χ3n) is 3.75. The lowest BCUT2D eigenvalue weighted by Gasteiger charge is -2.21. The molecule has 0 bridgehead atoms. The minimum atomic E-state index is -3.34. The molecule has 1 saturated heterocycles. The maximum Gasteiger partial charge on any atom is 0.243 e. The van der Waals surface area contributed by atoms with Gasteiger partial charge in [0.25, 0.3) is 0 Å². The summed E-state index contributed by atoms with van der Waals surface area (Å²) in [6, 6.07) is 7.40. The van der Waals surface area contributed by atoms with Crippen LogP contribution in [0.25, 0.3) is 0 Å². The molecule has 1 aliphatic heterocycles. The zero-order valence-electron chi connectivity index (χ0n) is 12.3. The topological polar surface area (TPSA) is 49.4 Å². The Balaban J connectivity index is 2.17. The quantitative estimate of drug-likeness (QED) is 0.820. The molecular weight excluding hydrogens is 272 g/mol. The number of nitrogens with one attached hydrogen (secondary N) is 1. The first kappa shape index (κ1) is 15.5. The Morgan fingerprint density at radius 1 is 1.40 bits per heavy atom. The van der Waals surface area contributed by atoms with E-state index >= 15 is 0 Å². The smallest absolute Gasteiger partial charge is 0.243 e. The molecule has 0 saturated carbocycles. The molecule has 1 aromatic rings. The Hall–Kier alpha value is -0.910. The number of rotatable bonds is 6. The van der Waals surface area contributed by atoms with Crippen LogP contribution in [0.4, 0.5) is 0 Å². The van der Waals surface area contributed by atoms with Gasteiger partial charge in [0.15, 0.2) is 0 Å². The average molecular weight is 296 g/mol. The third kappa shape index (κ3) is 3.40. The van der Waals surface area contributed by atoms with Gasteiger partial charge in [0.05, 0.1) is 4.90 Å². The second-order valence-corrected chi connectivity index (χ2v) is 7.32. The van der Waals surface area contributed by atoms with Gasteiger partial charge in [0.1, 0.15) is 0 Å². The number of hydrogen-bond acceptors (Lipinski definition) is 3. The van der Waals surface area contributed by atoms with E-state index in [1.54, 1.807) is 16.4 Å². The van der Waals surface area contributed by atoms with Crippen LogP contribution in [0.15, 0.2) is 29.2 Å². The van der Waals surface area contributed by atoms with Crippen molar-refractivity contribution in [3.05, 3.63) is 29.8 Å². The van der Waals surface area contributed by atoms with Gasteiger partial charge < -0.3 is 5.32 Å². The zero-order valence-corrected chi connectivity index (χ0v) is 13.1. The molecule has 4 nitrogen and oxygen atoms in total. The molecule has 0 amide bonds. The minimum absolute atomic E-state index is 0.113. The zero-order chi connectivity index (χ0) is 14.6. The molecule has 0 aliphatic carbocycles. The van der Waals surface area contributed by atoms with Crippen LogP contribution in [0.3, 0.4) is 0 Å². The number of nitrogens with zero attached hydrogens (tertiary/aromatic N) is 1. The van der Waals surface area contributed by atoms with Crippen LogP contribution in [0.5, 0.6) is 0 Å². The summed E-state index contributed by atoms with van der Waals surface area (Å²) in [6.07, 6.45) is 2.98. The molecule has 1 atom stereocenters. The number of benzene rings is 1. The summed E-state index contributed by atoms with van der Waals surface area (Å²) in [7, 11) is -3.34. The Kier molecular flexibility index (Phi) is 5.18. The van der Waals surface area contributed by atoms with E-state index in [-0.39, 0.29) is 6.04 Å². The molecule has 20 heavy (non-hydrogen) atoms. The summed E-state index contributed by atoms with van der Waals surface area (Å²) in [5.74, 6) is 0. The lowest BCUT2D eigenvalue weighted by atomic mass is 10.2. The summed E-state index contributed by atoms with van der Waals surface area (Å²) in [6.45, 7) is 6.40. The highest BCUT2D eigenvalue weighted by Gasteiger charge is 2.32. The van der Waals surface area contributed by atoms with Gasteiger partial charge >= 0.3 is 0 Å². The lowest BCUT2D eigenvalue weighted by molar-refractivity contribution is 0.408. The van der Waals surface area contributed by atoms with E-state index in [0.29, 0.717) is 18.0 Å². The van der Waals surface area contributed by atoms with Crippen molar-refractivity contribution in [2.24, 2.45) is 0 Å². The van der Waals surface area contributed by atoms with Crippen LogP contribution >= 0.6 is 0 Å². The van der Waals surface area contributed by atoms with Gasteiger partial charge in [-0.25, -0.2) is 8.42 Å². The van der Waals surface area contributed by atoms with E-state index in [2.05, 4.69) is 12.2 Å². The molecule has 0 spiro atoms. The standard InChI is InChI=1S/C15H24N2O2S/c1-3-9-16-12-14-7-4-8-15(11-14)20(18,19)17-10-5-6-13(17)2/h4,7-8,11,13,16H,3,5-6,9-10,12H2,1-2H3. The van der Waals surface area contributed by atoms with Crippen LogP contribution in [0.2, 0.25) is 0 Å². The molecular formula is C15H24N2O2S. The Labute approximate surface area is 122 Å². The number of sulfonamides is 1. The monoisotopic (exact) mass is 296 g/mol. The molecule has 1 unspecified atom stereocenters. The Morgan fingerprint density at radius 3 is 2.85 bits per heavy atom. The highest BCUT2D eigenvalue weighted by molar-refractivity contribution is 7.89. The molecule has 0 radical (unpaired) electrons. The van der Waals surface area contributed by atoms with E-state index in [0.717, 1.165) is 31.4 Å². The highest BCUT2D eigenvalue weighted by Crippen LogP contribution is 2.26. The molecule has 5 heteroatoms. The fourth-order valence-corrected chi connectivity index (χ4v) is 4.40. The third-order valence-corrected chi connectivity index (χ3v) is 5.76. The van der Waals surface area contributed by atoms with E-state index in [4.69, 9.17) is 0 Å². The van der Waals surface area contributed by atoms with Crippen LogP contribution < -0.4 is 5.32 Å². The molecule has 2 rings (SSSR count). The molecule has 0 aromatic heterocycles. The van der Waals surface area contributed by atoms with Crippen molar-refractivity contribution >= 4 is 10.0 Å². The number of hydrogen-bond donors (Lipinski definition) is 1. The first-order valence-electron chi connectivity index (χ1n) is 7.37. The maximum atomic E-state index is 12.6. The predicted octanol–water partition coefficient (Wildman–Crippen LogP) is 2.36. The van der Waals surface area contributed by atoms with Crippen LogP contribution in [-0.4, -0.2) is 31.9 Å². The van der Waals surface area contributed by atoms with Gasteiger partial charge in [-0.15, -0.1) is 0 Å². The lowest BCUT2D eigenvalue weighted by Crippen LogP contribution is -2.33.